The van der Waals surface area contributed by atoms with Gasteiger partial charge < -0.3 is 15.0 Å². The zero-order chi connectivity index (χ0) is 23.0. The molecule has 1 aromatic carbocycles. The molecule has 9 heteroatoms. The van der Waals surface area contributed by atoms with Crippen LogP contribution >= 0.6 is 15.9 Å². The molecule has 170 valence electrons. The lowest BCUT2D eigenvalue weighted by atomic mass is 9.92. The first-order chi connectivity index (χ1) is 15.9. The maximum absolute atomic E-state index is 13.0. The summed E-state index contributed by atoms with van der Waals surface area (Å²) in [7, 11) is 0. The molecule has 0 saturated carbocycles. The molecule has 33 heavy (non-hydrogen) atoms. The number of rotatable bonds is 4. The number of carbonyl (C=O) groups excluding carboxylic acids is 1. The summed E-state index contributed by atoms with van der Waals surface area (Å²) in [6, 6.07) is 7.87. The molecule has 1 fully saturated rings. The van der Waals surface area contributed by atoms with Crippen LogP contribution < -0.4 is 0 Å². The van der Waals surface area contributed by atoms with E-state index in [2.05, 4.69) is 36.2 Å². The van der Waals surface area contributed by atoms with Crippen LogP contribution in [0.1, 0.15) is 36.1 Å². The summed E-state index contributed by atoms with van der Waals surface area (Å²) in [5, 5.41) is 21.0. The minimum atomic E-state index is -1.11. The lowest BCUT2D eigenvalue weighted by Gasteiger charge is -2.24. The van der Waals surface area contributed by atoms with Gasteiger partial charge in [0.1, 0.15) is 11.3 Å². The molecule has 0 aliphatic carbocycles. The fraction of sp³-hybridized carbons (Fsp3) is 0.333. The molecule has 2 N–H and O–H groups in total. The van der Waals surface area contributed by atoms with Gasteiger partial charge in [0.15, 0.2) is 0 Å². The lowest BCUT2D eigenvalue weighted by Crippen LogP contribution is -2.34. The number of aliphatic hydroxyl groups is 1. The number of aromatic amines is 1. The summed E-state index contributed by atoms with van der Waals surface area (Å²) >= 11 is 3.48. The summed E-state index contributed by atoms with van der Waals surface area (Å²) in [6.45, 7) is 3.10. The van der Waals surface area contributed by atoms with Gasteiger partial charge in [0.2, 0.25) is 5.91 Å². The topological polar surface area (TPSA) is 99.9 Å². The standard InChI is InChI=1S/C24H25BrN6O2/c1-16-11-18(25)3-4-21(16)31-15-22(28-29-31)24(33)6-2-9-30(10-7-24)23(32)12-17-13-27-20-14-26-8-5-19(17)20/h3-5,8,11,13-15,27,33H,2,6-7,9-10,12H2,1H3. The number of nitrogens with one attached hydrogen (secondary N) is 1. The van der Waals surface area contributed by atoms with Crippen molar-refractivity contribution < 1.29 is 9.90 Å². The van der Waals surface area contributed by atoms with Crippen molar-refractivity contribution in [2.75, 3.05) is 13.1 Å². The molecule has 5 rings (SSSR count). The average molecular weight is 509 g/mol. The number of benzene rings is 1. The van der Waals surface area contributed by atoms with E-state index in [9.17, 15) is 9.90 Å². The molecule has 8 nitrogen and oxygen atoms in total. The summed E-state index contributed by atoms with van der Waals surface area (Å²) in [6.07, 6.45) is 9.15. The molecular formula is C24H25BrN6O2. The average Bonchev–Trinajstić information content (AvgIpc) is 3.39. The number of hydrogen-bond acceptors (Lipinski definition) is 5. The normalized spacial score (nSPS) is 19.1. The molecular weight excluding hydrogens is 484 g/mol. The Morgan fingerprint density at radius 2 is 2.15 bits per heavy atom. The lowest BCUT2D eigenvalue weighted by molar-refractivity contribution is -0.130. The van der Waals surface area contributed by atoms with Crippen molar-refractivity contribution in [3.63, 3.8) is 0 Å². The highest BCUT2D eigenvalue weighted by Gasteiger charge is 2.36. The molecule has 1 atom stereocenters. The third-order valence-electron chi connectivity index (χ3n) is 6.45. The van der Waals surface area contributed by atoms with E-state index in [0.717, 1.165) is 32.2 Å². The summed E-state index contributed by atoms with van der Waals surface area (Å²) in [4.78, 5) is 22.2. The molecule has 1 aliphatic heterocycles. The number of hydrogen-bond donors (Lipinski definition) is 2. The first-order valence-electron chi connectivity index (χ1n) is 11.0. The second kappa shape index (κ2) is 8.72. The van der Waals surface area contributed by atoms with Gasteiger partial charge in [0.05, 0.1) is 30.0 Å². The van der Waals surface area contributed by atoms with Gasteiger partial charge in [0, 0.05) is 35.3 Å². The number of halogens is 1. The molecule has 1 amide bonds. The predicted molar refractivity (Wildman–Crippen MR) is 128 cm³/mol. The number of H-pyrrole nitrogens is 1. The minimum Gasteiger partial charge on any atom is -0.383 e. The smallest absolute Gasteiger partial charge is 0.227 e. The van der Waals surface area contributed by atoms with Gasteiger partial charge >= 0.3 is 0 Å². The van der Waals surface area contributed by atoms with Crippen LogP contribution in [0.2, 0.25) is 0 Å². The number of carbonyl (C=O) groups is 1. The van der Waals surface area contributed by atoms with Crippen LogP contribution in [0, 0.1) is 6.92 Å². The van der Waals surface area contributed by atoms with E-state index >= 15 is 0 Å². The summed E-state index contributed by atoms with van der Waals surface area (Å²) < 4.78 is 2.70. The Labute approximate surface area is 199 Å². The van der Waals surface area contributed by atoms with E-state index in [1.165, 1.54) is 0 Å². The molecule has 4 aromatic rings. The monoisotopic (exact) mass is 508 g/mol. The largest absolute Gasteiger partial charge is 0.383 e. The first-order valence-corrected chi connectivity index (χ1v) is 11.8. The van der Waals surface area contributed by atoms with Crippen LogP contribution in [0.25, 0.3) is 16.6 Å². The Kier molecular flexibility index (Phi) is 5.76. The highest BCUT2D eigenvalue weighted by molar-refractivity contribution is 9.10. The van der Waals surface area contributed by atoms with E-state index < -0.39 is 5.60 Å². The maximum Gasteiger partial charge on any atom is 0.227 e. The Morgan fingerprint density at radius 1 is 1.27 bits per heavy atom. The van der Waals surface area contributed by atoms with Crippen molar-refractivity contribution in [2.24, 2.45) is 0 Å². The minimum absolute atomic E-state index is 0.0612. The molecule has 1 unspecified atom stereocenters. The number of fused-ring (bicyclic) bond motifs is 1. The predicted octanol–water partition coefficient (Wildman–Crippen LogP) is 3.66. The SMILES string of the molecule is Cc1cc(Br)ccc1-n1cc(C2(O)CCCN(C(=O)Cc3c[nH]c4cnccc34)CC2)nn1. The van der Waals surface area contributed by atoms with E-state index in [1.807, 2.05) is 42.3 Å². The van der Waals surface area contributed by atoms with Crippen molar-refractivity contribution in [3.8, 4) is 5.69 Å². The van der Waals surface area contributed by atoms with Crippen LogP contribution in [0.5, 0.6) is 0 Å². The third kappa shape index (κ3) is 4.30. The fourth-order valence-corrected chi connectivity index (χ4v) is 5.02. The molecule has 0 bridgehead atoms. The van der Waals surface area contributed by atoms with Crippen molar-refractivity contribution in [2.45, 2.75) is 38.2 Å². The van der Waals surface area contributed by atoms with Crippen LogP contribution in [0.3, 0.4) is 0 Å². The Balaban J connectivity index is 1.29. The Bertz CT molecular complexity index is 1320. The third-order valence-corrected chi connectivity index (χ3v) is 6.95. The molecule has 3 aromatic heterocycles. The van der Waals surface area contributed by atoms with Crippen LogP contribution in [-0.2, 0) is 16.8 Å². The van der Waals surface area contributed by atoms with Crippen molar-refractivity contribution in [1.29, 1.82) is 0 Å². The summed E-state index contributed by atoms with van der Waals surface area (Å²) in [5.41, 5.74) is 3.30. The molecule has 0 spiro atoms. The molecule has 4 heterocycles. The number of aryl methyl sites for hydroxylation is 1. The zero-order valence-corrected chi connectivity index (χ0v) is 19.9. The van der Waals surface area contributed by atoms with Gasteiger partial charge in [-0.2, -0.15) is 0 Å². The number of amides is 1. The molecule has 1 saturated heterocycles. The highest BCUT2D eigenvalue weighted by atomic mass is 79.9. The van der Waals surface area contributed by atoms with Crippen molar-refractivity contribution >= 4 is 32.7 Å². The van der Waals surface area contributed by atoms with Crippen LogP contribution in [0.15, 0.2) is 53.5 Å². The number of nitrogens with zero attached hydrogens (tertiary/aromatic N) is 5. The van der Waals surface area contributed by atoms with Gasteiger partial charge in [-0.25, -0.2) is 4.68 Å². The first kappa shape index (κ1) is 21.8. The fourth-order valence-electron chi connectivity index (χ4n) is 4.55. The van der Waals surface area contributed by atoms with Crippen molar-refractivity contribution in [3.05, 3.63) is 70.3 Å². The van der Waals surface area contributed by atoms with E-state index in [4.69, 9.17) is 0 Å². The molecule has 1 aliphatic rings. The molecule has 0 radical (unpaired) electrons. The Morgan fingerprint density at radius 3 is 3.00 bits per heavy atom. The Hall–Kier alpha value is -3.04. The van der Waals surface area contributed by atoms with E-state index in [-0.39, 0.29) is 5.91 Å². The van der Waals surface area contributed by atoms with Crippen LogP contribution in [-0.4, -0.2) is 54.0 Å². The van der Waals surface area contributed by atoms with Crippen molar-refractivity contribution in [1.82, 2.24) is 29.9 Å². The van der Waals surface area contributed by atoms with Crippen LogP contribution in [0.4, 0.5) is 0 Å². The second-order valence-corrected chi connectivity index (χ2v) is 9.57. The highest BCUT2D eigenvalue weighted by Crippen LogP contribution is 2.32. The maximum atomic E-state index is 13.0. The van der Waals surface area contributed by atoms with Gasteiger partial charge in [0.25, 0.3) is 0 Å². The van der Waals surface area contributed by atoms with Gasteiger partial charge in [-0.15, -0.1) is 5.10 Å². The van der Waals surface area contributed by atoms with E-state index in [1.54, 1.807) is 23.3 Å². The van der Waals surface area contributed by atoms with Gasteiger partial charge in [-0.3, -0.25) is 9.78 Å². The number of likely N-dealkylation sites (tertiary alicyclic amines) is 1. The quantitative estimate of drug-likeness (QED) is 0.438. The van der Waals surface area contributed by atoms with Gasteiger partial charge in [-0.1, -0.05) is 21.1 Å². The van der Waals surface area contributed by atoms with Gasteiger partial charge in [-0.05, 0) is 61.6 Å². The van der Waals surface area contributed by atoms with E-state index in [0.29, 0.717) is 44.5 Å². The second-order valence-electron chi connectivity index (χ2n) is 8.66. The number of aromatic nitrogens is 5. The zero-order valence-electron chi connectivity index (χ0n) is 18.3. The summed E-state index contributed by atoms with van der Waals surface area (Å²) in [5.74, 6) is 0.0612. The number of pyridine rings is 1.